The fraction of sp³-hybridized carbons (Fsp3) is 1.00. The van der Waals surface area contributed by atoms with Crippen LogP contribution in [0, 0.1) is 0 Å². The molecule has 6 unspecified atom stereocenters. The van der Waals surface area contributed by atoms with Crippen molar-refractivity contribution < 1.29 is 20.4 Å². The van der Waals surface area contributed by atoms with Crippen molar-refractivity contribution >= 4 is 43.2 Å². The smallest absolute Gasteiger partial charge is 0.0667 e. The van der Waals surface area contributed by atoms with Crippen LogP contribution < -0.4 is 0 Å². The zero-order valence-corrected chi connectivity index (χ0v) is 67.4. The van der Waals surface area contributed by atoms with Gasteiger partial charge in [-0.2, -0.15) is 0 Å². The van der Waals surface area contributed by atoms with E-state index < -0.39 is 0 Å². The summed E-state index contributed by atoms with van der Waals surface area (Å²) in [5, 5.41) is 44.9. The second-order valence-electron chi connectivity index (χ2n) is 30.2. The fourth-order valence-corrected chi connectivity index (χ4v) is 18.7. The van der Waals surface area contributed by atoms with Crippen LogP contribution in [-0.4, -0.2) is 165 Å². The van der Waals surface area contributed by atoms with E-state index in [1.165, 1.54) is 318 Å². The minimum atomic E-state index is -0.294. The van der Waals surface area contributed by atoms with Gasteiger partial charge in [-0.05, 0) is 78.3 Å². The first-order valence-corrected chi connectivity index (χ1v) is 47.2. The maximum atomic E-state index is 11.2. The molecule has 0 aromatic heterocycles. The van der Waals surface area contributed by atoms with Crippen LogP contribution in [0.15, 0.2) is 0 Å². The third-order valence-corrected chi connectivity index (χ3v) is 25.6. The number of rotatable bonds is 78. The molecule has 1 aliphatic heterocycles. The summed E-state index contributed by atoms with van der Waals surface area (Å²) in [7, 11) is 8.21. The topological polar surface area (TPSA) is 93.9 Å². The van der Waals surface area contributed by atoms with Crippen molar-refractivity contribution in [3.05, 3.63) is 0 Å². The number of nitrogens with zero attached hydrogens (tertiary/aromatic N) is 4. The lowest BCUT2D eigenvalue weighted by Crippen LogP contribution is -2.57. The van der Waals surface area contributed by atoms with Crippen molar-refractivity contribution in [2.75, 3.05) is 88.5 Å². The maximum Gasteiger partial charge on any atom is 0.0667 e. The van der Waals surface area contributed by atoms with Crippen LogP contribution in [0.1, 0.15) is 401 Å². The maximum absolute atomic E-state index is 11.2. The van der Waals surface area contributed by atoms with Crippen LogP contribution in [-0.2, 0) is 0 Å². The van der Waals surface area contributed by atoms with Crippen LogP contribution in [0.4, 0.5) is 0 Å². The molecule has 0 radical (unpaired) electrons. The Labute approximate surface area is 605 Å². The summed E-state index contributed by atoms with van der Waals surface area (Å²) in [6.07, 6.45) is 71.6. The number of aliphatic hydroxyl groups is 4. The lowest BCUT2D eigenvalue weighted by atomic mass is 10.0. The van der Waals surface area contributed by atoms with Crippen molar-refractivity contribution in [1.29, 1.82) is 0 Å². The van der Waals surface area contributed by atoms with Gasteiger partial charge in [0.2, 0.25) is 0 Å². The van der Waals surface area contributed by atoms with Crippen molar-refractivity contribution in [3.63, 3.8) is 0 Å². The van der Waals surface area contributed by atoms with Gasteiger partial charge in [0.05, 0.1) is 24.4 Å². The number of aliphatic hydroxyl groups excluding tert-OH is 4. The van der Waals surface area contributed by atoms with Crippen molar-refractivity contribution in [2.45, 2.75) is 438 Å². The summed E-state index contributed by atoms with van der Waals surface area (Å²) in [5.74, 6) is 4.69. The monoisotopic (exact) mass is 1400 g/mol. The Bertz CT molecular complexity index is 1290. The first-order chi connectivity index (χ1) is 46.1. The zero-order valence-electron chi connectivity index (χ0n) is 64.2. The summed E-state index contributed by atoms with van der Waals surface area (Å²) < 4.78 is 0. The van der Waals surface area contributed by atoms with Crippen molar-refractivity contribution in [2.24, 2.45) is 0 Å². The Balaban J connectivity index is 2.42. The van der Waals surface area contributed by atoms with Gasteiger partial charge in [0.25, 0.3) is 0 Å². The van der Waals surface area contributed by atoms with Gasteiger partial charge in [-0.25, -0.2) is 0 Å². The van der Waals surface area contributed by atoms with Gasteiger partial charge in [0, 0.05) is 87.5 Å². The van der Waals surface area contributed by atoms with E-state index >= 15 is 0 Å². The summed E-state index contributed by atoms with van der Waals surface area (Å²) in [6, 6.07) is 1.18. The lowest BCUT2D eigenvalue weighted by molar-refractivity contribution is 0.0516. The summed E-state index contributed by atoms with van der Waals surface area (Å²) in [5.41, 5.74) is 0. The molecule has 1 aliphatic rings. The molecular formula is C82H168N4O4S4. The molecule has 0 saturated carbocycles. The molecule has 1 heterocycles. The Kier molecular flexibility index (Phi) is 73.1. The molecule has 0 aromatic carbocycles. The molecule has 1 fully saturated rings. The summed E-state index contributed by atoms with van der Waals surface area (Å²) >= 11 is 0. The highest BCUT2D eigenvalue weighted by molar-refractivity contribution is 8.77. The number of hydrogen-bond donors (Lipinski definition) is 4. The third-order valence-electron chi connectivity index (χ3n) is 20.7. The normalized spacial score (nSPS) is 16.3. The molecule has 4 N–H and O–H groups in total. The molecule has 0 bridgehead atoms. The summed E-state index contributed by atoms with van der Waals surface area (Å²) in [6.45, 7) is 23.5. The molecule has 0 amide bonds. The van der Waals surface area contributed by atoms with E-state index in [4.69, 9.17) is 0 Å². The Hall–Kier alpha value is 1.08. The highest BCUT2D eigenvalue weighted by Gasteiger charge is 2.28. The van der Waals surface area contributed by atoms with Gasteiger partial charge in [-0.15, -0.1) is 0 Å². The highest BCUT2D eigenvalue weighted by Crippen LogP contribution is 2.27. The van der Waals surface area contributed by atoms with E-state index in [1.807, 2.05) is 21.6 Å². The average molecular weight is 1400 g/mol. The number of hydrogen-bond acceptors (Lipinski definition) is 12. The average Bonchev–Trinajstić information content (AvgIpc) is 0.907. The van der Waals surface area contributed by atoms with E-state index in [0.717, 1.165) is 103 Å². The van der Waals surface area contributed by atoms with Gasteiger partial charge in [0.1, 0.15) is 0 Å². The largest absolute Gasteiger partial charge is 0.392 e. The van der Waals surface area contributed by atoms with Crippen molar-refractivity contribution in [3.8, 4) is 0 Å². The quantitative estimate of drug-likeness (QED) is 0.0345. The van der Waals surface area contributed by atoms with Gasteiger partial charge in [-0.1, -0.05) is 379 Å². The molecule has 0 aromatic rings. The second-order valence-corrected chi connectivity index (χ2v) is 35.6. The first kappa shape index (κ1) is 93.1. The van der Waals surface area contributed by atoms with E-state index in [2.05, 4.69) is 82.7 Å². The molecular weight excluding hydrogens is 1230 g/mol. The molecule has 1 saturated heterocycles. The van der Waals surface area contributed by atoms with E-state index in [9.17, 15) is 20.4 Å². The van der Waals surface area contributed by atoms with E-state index in [0.29, 0.717) is 38.3 Å². The molecule has 0 aliphatic carbocycles. The molecule has 564 valence electrons. The Morgan fingerprint density at radius 2 is 0.457 bits per heavy atom. The SMILES string of the molecule is CCCCCCCCCCCCCCC(O)CN(CCCCSSCCN1CC(C)N(CCSSCCCCN(CC(O)CCCCCCCCCCCCCC)CC(O)CCCCCCCCCCCCCC)CC1C)CC(O)CCCCCCCCCCCCCC. The molecule has 1 rings (SSSR count). The van der Waals surface area contributed by atoms with Crippen molar-refractivity contribution in [1.82, 2.24) is 19.6 Å². The molecule has 6 atom stereocenters. The van der Waals surface area contributed by atoms with Crippen LogP contribution in [0.25, 0.3) is 0 Å². The van der Waals surface area contributed by atoms with Gasteiger partial charge in [-0.3, -0.25) is 19.6 Å². The molecule has 8 nitrogen and oxygen atoms in total. The lowest BCUT2D eigenvalue weighted by Gasteiger charge is -2.44. The van der Waals surface area contributed by atoms with Crippen LogP contribution in [0.2, 0.25) is 0 Å². The van der Waals surface area contributed by atoms with Crippen LogP contribution in [0.3, 0.4) is 0 Å². The van der Waals surface area contributed by atoms with E-state index in [-0.39, 0.29) is 24.4 Å². The van der Waals surface area contributed by atoms with Gasteiger partial charge in [0.15, 0.2) is 0 Å². The first-order valence-electron chi connectivity index (χ1n) is 42.3. The minimum Gasteiger partial charge on any atom is -0.392 e. The zero-order chi connectivity index (χ0) is 68.1. The summed E-state index contributed by atoms with van der Waals surface area (Å²) in [4.78, 5) is 10.3. The molecule has 94 heavy (non-hydrogen) atoms. The van der Waals surface area contributed by atoms with E-state index in [1.54, 1.807) is 0 Å². The molecule has 0 spiro atoms. The van der Waals surface area contributed by atoms with Crippen LogP contribution >= 0.6 is 43.2 Å². The number of piperazine rings is 1. The fourth-order valence-electron chi connectivity index (χ4n) is 14.4. The second kappa shape index (κ2) is 73.8. The number of unbranched alkanes of at least 4 members (excludes halogenated alkanes) is 46. The minimum absolute atomic E-state index is 0.294. The van der Waals surface area contributed by atoms with Gasteiger partial charge < -0.3 is 20.4 Å². The Morgan fingerprint density at radius 1 is 0.266 bits per heavy atom. The van der Waals surface area contributed by atoms with Crippen LogP contribution in [0.5, 0.6) is 0 Å². The third kappa shape index (κ3) is 64.0. The highest BCUT2D eigenvalue weighted by atomic mass is 33.1. The Morgan fingerprint density at radius 3 is 0.670 bits per heavy atom. The van der Waals surface area contributed by atoms with Gasteiger partial charge >= 0.3 is 0 Å². The molecule has 12 heteroatoms. The predicted octanol–water partition coefficient (Wildman–Crippen LogP) is 24.1. The predicted molar refractivity (Wildman–Crippen MR) is 430 cm³/mol. The standard InChI is InChI=1S/C82H168N4O4S4/c1-7-11-15-19-23-27-31-35-39-43-47-51-59-79(87)73-83(74-80(88)60-52-48-44-40-36-32-28-24-20-16-12-8-2)63-55-57-67-91-93-69-65-85-71-78(6)86(72-77(85)5)66-70-94-92-68-58-56-64-84(75-81(89)61-53-49-45-41-37-33-29-25-21-17-13-9-3)76-82(90)62-54-50-46-42-38-34-30-26-22-18-14-10-4/h77-82,87-90H,7-76H2,1-6H3.